The van der Waals surface area contributed by atoms with Crippen LogP contribution in [0.3, 0.4) is 0 Å². The number of fused-ring (bicyclic) bond motifs is 2. The Kier molecular flexibility index (Phi) is 7.53. The number of aromatic amines is 2. The lowest BCUT2D eigenvalue weighted by Gasteiger charge is -2.37. The molecule has 3 N–H and O–H groups in total. The monoisotopic (exact) mass is 575 g/mol. The highest BCUT2D eigenvalue weighted by Gasteiger charge is 2.35. The zero-order chi connectivity index (χ0) is 29.8. The van der Waals surface area contributed by atoms with Crippen LogP contribution in [0.2, 0.25) is 0 Å². The number of aromatic nitrogens is 2. The smallest absolute Gasteiger partial charge is 0.315 e. The lowest BCUT2D eigenvalue weighted by molar-refractivity contribution is -0.133. The second-order valence-corrected chi connectivity index (χ2v) is 11.1. The van der Waals surface area contributed by atoms with Gasteiger partial charge in [-0.25, -0.2) is 0 Å². The maximum atomic E-state index is 12.9. The number of nitrogens with one attached hydrogen (secondary N) is 3. The third-order valence-corrected chi connectivity index (χ3v) is 8.39. The van der Waals surface area contributed by atoms with Crippen molar-refractivity contribution in [3.8, 4) is 5.75 Å². The predicted molar refractivity (Wildman–Crippen MR) is 177 cm³/mol. The van der Waals surface area contributed by atoms with Gasteiger partial charge in [0, 0.05) is 40.7 Å². The van der Waals surface area contributed by atoms with Crippen molar-refractivity contribution in [1.82, 2.24) is 15.3 Å². The van der Waals surface area contributed by atoms with E-state index < -0.39 is 5.54 Å². The molecule has 5 nitrogen and oxygen atoms in total. The molecule has 2 heterocycles. The Hall–Kier alpha value is -5.39. The molecular formula is C39H33N3O2. The molecular weight excluding hydrogens is 542 g/mol. The first-order valence-electron chi connectivity index (χ1n) is 15.0. The Balaban J connectivity index is 1.13. The number of H-pyrrole nitrogens is 2. The number of benzene rings is 5. The standard InChI is InChI=1S/C39H33N3O2/c43-38(24-29-27-41-36-19-11-10-18-34(29)36)44-33-20-21-37-35(25-33)28(26-40-37)22-23-42-39(30-12-4-1-5-13-30,31-14-6-2-7-15-31)32-16-8-3-9-17-32/h1-21,25-27,40-42H,22-24H2. The maximum absolute atomic E-state index is 12.9. The summed E-state index contributed by atoms with van der Waals surface area (Å²) in [5.41, 5.74) is 7.12. The molecule has 0 aliphatic heterocycles. The van der Waals surface area contributed by atoms with Gasteiger partial charge in [0.2, 0.25) is 0 Å². The van der Waals surface area contributed by atoms with Crippen molar-refractivity contribution in [2.24, 2.45) is 0 Å². The molecule has 7 aromatic rings. The summed E-state index contributed by atoms with van der Waals surface area (Å²) in [6.07, 6.45) is 4.92. The highest BCUT2D eigenvalue weighted by atomic mass is 16.5. The fraction of sp³-hybridized carbons (Fsp3) is 0.103. The minimum Gasteiger partial charge on any atom is -0.426 e. The largest absolute Gasteiger partial charge is 0.426 e. The Morgan fingerprint density at radius 2 is 1.16 bits per heavy atom. The van der Waals surface area contributed by atoms with Crippen LogP contribution in [0.1, 0.15) is 27.8 Å². The predicted octanol–water partition coefficient (Wildman–Crippen LogP) is 7.92. The summed E-state index contributed by atoms with van der Waals surface area (Å²) in [6, 6.07) is 45.6. The van der Waals surface area contributed by atoms with Crippen molar-refractivity contribution < 1.29 is 9.53 Å². The van der Waals surface area contributed by atoms with E-state index in [1.165, 1.54) is 16.7 Å². The summed E-state index contributed by atoms with van der Waals surface area (Å²) in [5.74, 6) is 0.259. The van der Waals surface area contributed by atoms with E-state index in [0.29, 0.717) is 5.75 Å². The molecule has 5 heteroatoms. The molecule has 2 aromatic heterocycles. The third kappa shape index (κ3) is 5.30. The molecule has 0 saturated heterocycles. The highest BCUT2D eigenvalue weighted by molar-refractivity contribution is 5.89. The number of carbonyl (C=O) groups is 1. The molecule has 0 spiro atoms. The molecule has 0 aliphatic carbocycles. The first-order valence-corrected chi connectivity index (χ1v) is 15.0. The van der Waals surface area contributed by atoms with Crippen molar-refractivity contribution in [2.75, 3.05) is 6.54 Å². The number of para-hydroxylation sites is 1. The van der Waals surface area contributed by atoms with Gasteiger partial charge >= 0.3 is 5.97 Å². The Bertz CT molecular complexity index is 1910. The molecule has 0 unspecified atom stereocenters. The van der Waals surface area contributed by atoms with Crippen LogP contribution in [0.25, 0.3) is 21.8 Å². The van der Waals surface area contributed by atoms with E-state index >= 15 is 0 Å². The zero-order valence-corrected chi connectivity index (χ0v) is 24.3. The van der Waals surface area contributed by atoms with E-state index in [9.17, 15) is 4.79 Å². The van der Waals surface area contributed by atoms with Gasteiger partial charge < -0.3 is 14.7 Å². The van der Waals surface area contributed by atoms with Gasteiger partial charge in [0.05, 0.1) is 12.0 Å². The Morgan fingerprint density at radius 1 is 0.614 bits per heavy atom. The van der Waals surface area contributed by atoms with Gasteiger partial charge in [-0.1, -0.05) is 109 Å². The van der Waals surface area contributed by atoms with Gasteiger partial charge in [0.25, 0.3) is 0 Å². The number of ether oxygens (including phenoxy) is 1. The van der Waals surface area contributed by atoms with Crippen molar-refractivity contribution >= 4 is 27.8 Å². The average molecular weight is 576 g/mol. The van der Waals surface area contributed by atoms with Gasteiger partial charge in [0.15, 0.2) is 0 Å². The molecule has 5 aromatic carbocycles. The lowest BCUT2D eigenvalue weighted by atomic mass is 9.77. The number of carbonyl (C=O) groups excluding carboxylic acids is 1. The van der Waals surface area contributed by atoms with Crippen LogP contribution in [0, 0.1) is 0 Å². The van der Waals surface area contributed by atoms with Crippen LogP contribution >= 0.6 is 0 Å². The van der Waals surface area contributed by atoms with Gasteiger partial charge in [-0.05, 0) is 58.5 Å². The second kappa shape index (κ2) is 12.1. The van der Waals surface area contributed by atoms with Crippen LogP contribution in [0.15, 0.2) is 146 Å². The third-order valence-electron chi connectivity index (χ3n) is 8.39. The quantitative estimate of drug-likeness (QED) is 0.0882. The van der Waals surface area contributed by atoms with Crippen molar-refractivity contribution in [1.29, 1.82) is 0 Å². The first kappa shape index (κ1) is 27.4. The molecule has 0 amide bonds. The summed E-state index contributed by atoms with van der Waals surface area (Å²) in [7, 11) is 0. The summed E-state index contributed by atoms with van der Waals surface area (Å²) < 4.78 is 5.82. The van der Waals surface area contributed by atoms with Crippen LogP contribution < -0.4 is 10.1 Å². The number of hydrogen-bond acceptors (Lipinski definition) is 3. The van der Waals surface area contributed by atoms with Crippen LogP contribution in [-0.2, 0) is 23.2 Å². The van der Waals surface area contributed by atoms with Crippen LogP contribution in [0.5, 0.6) is 5.75 Å². The van der Waals surface area contributed by atoms with Crippen molar-refractivity contribution in [2.45, 2.75) is 18.4 Å². The van der Waals surface area contributed by atoms with E-state index in [-0.39, 0.29) is 12.4 Å². The van der Waals surface area contributed by atoms with E-state index in [0.717, 1.165) is 45.9 Å². The Morgan fingerprint density at radius 3 is 1.80 bits per heavy atom. The molecule has 0 fully saturated rings. The van der Waals surface area contributed by atoms with Crippen LogP contribution in [0.4, 0.5) is 0 Å². The molecule has 0 aliphatic rings. The van der Waals surface area contributed by atoms with E-state index in [1.54, 1.807) is 0 Å². The van der Waals surface area contributed by atoms with Crippen LogP contribution in [-0.4, -0.2) is 22.5 Å². The molecule has 216 valence electrons. The van der Waals surface area contributed by atoms with Crippen molar-refractivity contribution in [3.05, 3.63) is 174 Å². The average Bonchev–Trinajstić information content (AvgIpc) is 3.68. The highest BCUT2D eigenvalue weighted by Crippen LogP contribution is 2.37. The van der Waals surface area contributed by atoms with Gasteiger partial charge in [-0.15, -0.1) is 0 Å². The molecule has 0 bridgehead atoms. The van der Waals surface area contributed by atoms with E-state index in [1.807, 2.05) is 48.7 Å². The molecule has 0 atom stereocenters. The first-order chi connectivity index (χ1) is 21.7. The summed E-state index contributed by atoms with van der Waals surface area (Å²) in [4.78, 5) is 19.5. The van der Waals surface area contributed by atoms with E-state index in [2.05, 4.69) is 112 Å². The molecule has 44 heavy (non-hydrogen) atoms. The number of hydrogen-bond donors (Lipinski definition) is 3. The van der Waals surface area contributed by atoms with Gasteiger partial charge in [-0.3, -0.25) is 10.1 Å². The SMILES string of the molecule is O=C(Cc1c[nH]c2ccccc12)Oc1ccc2[nH]cc(CCNC(c3ccccc3)(c3ccccc3)c3ccccc3)c2c1. The van der Waals surface area contributed by atoms with Crippen molar-refractivity contribution in [3.63, 3.8) is 0 Å². The summed E-state index contributed by atoms with van der Waals surface area (Å²) >= 11 is 0. The second-order valence-electron chi connectivity index (χ2n) is 11.1. The molecule has 0 radical (unpaired) electrons. The normalized spacial score (nSPS) is 11.6. The molecule has 7 rings (SSSR count). The van der Waals surface area contributed by atoms with Gasteiger partial charge in [-0.2, -0.15) is 0 Å². The fourth-order valence-electron chi connectivity index (χ4n) is 6.28. The van der Waals surface area contributed by atoms with Gasteiger partial charge in [0.1, 0.15) is 5.75 Å². The zero-order valence-electron chi connectivity index (χ0n) is 24.3. The maximum Gasteiger partial charge on any atom is 0.315 e. The number of esters is 1. The minimum absolute atomic E-state index is 0.201. The lowest BCUT2D eigenvalue weighted by Crippen LogP contribution is -2.45. The number of rotatable bonds is 10. The summed E-state index contributed by atoms with van der Waals surface area (Å²) in [6.45, 7) is 0.718. The Labute approximate surface area is 256 Å². The fourth-order valence-corrected chi connectivity index (χ4v) is 6.28. The minimum atomic E-state index is -0.529. The van der Waals surface area contributed by atoms with E-state index in [4.69, 9.17) is 4.74 Å². The summed E-state index contributed by atoms with van der Waals surface area (Å²) in [5, 5.41) is 6.06. The topological polar surface area (TPSA) is 69.9 Å². The molecule has 0 saturated carbocycles.